The van der Waals surface area contributed by atoms with Crippen LogP contribution in [0, 0.1) is 6.92 Å². The second-order valence-electron chi connectivity index (χ2n) is 3.46. The molecule has 8 heteroatoms. The minimum Gasteiger partial charge on any atom is -0.340 e. The third-order valence-corrected chi connectivity index (χ3v) is 3.80. The predicted molar refractivity (Wildman–Crippen MR) is 58.2 cm³/mol. The van der Waals surface area contributed by atoms with Gasteiger partial charge in [-0.1, -0.05) is 5.16 Å². The standard InChI is InChI=1S/C8H16N4O3S/c1-6(4-9-3)16(13,14)10-5-8-11-7(2)15-12-8/h6,9-10H,4-5H2,1-3H3. The van der Waals surface area contributed by atoms with Gasteiger partial charge in [0.1, 0.15) is 0 Å². The maximum atomic E-state index is 11.7. The fourth-order valence-electron chi connectivity index (χ4n) is 1.12. The average molecular weight is 248 g/mol. The summed E-state index contributed by atoms with van der Waals surface area (Å²) in [6, 6.07) is 0. The van der Waals surface area contributed by atoms with Crippen LogP contribution in [0.1, 0.15) is 18.6 Å². The highest BCUT2D eigenvalue weighted by Crippen LogP contribution is 1.99. The molecule has 1 heterocycles. The van der Waals surface area contributed by atoms with E-state index in [0.29, 0.717) is 18.3 Å². The van der Waals surface area contributed by atoms with Crippen LogP contribution in [0.15, 0.2) is 4.52 Å². The van der Waals surface area contributed by atoms with Gasteiger partial charge in [-0.15, -0.1) is 0 Å². The van der Waals surface area contributed by atoms with Crippen molar-refractivity contribution in [1.29, 1.82) is 0 Å². The Bertz CT molecular complexity index is 428. The summed E-state index contributed by atoms with van der Waals surface area (Å²) >= 11 is 0. The van der Waals surface area contributed by atoms with E-state index in [1.54, 1.807) is 20.9 Å². The lowest BCUT2D eigenvalue weighted by Crippen LogP contribution is -2.37. The monoisotopic (exact) mass is 248 g/mol. The van der Waals surface area contributed by atoms with Gasteiger partial charge in [0.2, 0.25) is 15.9 Å². The van der Waals surface area contributed by atoms with Gasteiger partial charge in [0.15, 0.2) is 5.82 Å². The van der Waals surface area contributed by atoms with E-state index >= 15 is 0 Å². The summed E-state index contributed by atoms with van der Waals surface area (Å²) in [5.74, 6) is 0.746. The lowest BCUT2D eigenvalue weighted by molar-refractivity contribution is 0.387. The molecule has 92 valence electrons. The van der Waals surface area contributed by atoms with E-state index in [2.05, 4.69) is 20.2 Å². The second-order valence-corrected chi connectivity index (χ2v) is 5.65. The SMILES string of the molecule is CNCC(C)S(=O)(=O)NCc1noc(C)n1. The van der Waals surface area contributed by atoms with E-state index in [4.69, 9.17) is 4.52 Å². The van der Waals surface area contributed by atoms with Crippen molar-refractivity contribution in [3.05, 3.63) is 11.7 Å². The van der Waals surface area contributed by atoms with Gasteiger partial charge in [0, 0.05) is 13.5 Å². The zero-order chi connectivity index (χ0) is 12.2. The molecule has 0 saturated heterocycles. The topological polar surface area (TPSA) is 97.1 Å². The van der Waals surface area contributed by atoms with E-state index in [-0.39, 0.29) is 6.54 Å². The summed E-state index contributed by atoms with van der Waals surface area (Å²) in [6.07, 6.45) is 0. The fraction of sp³-hybridized carbons (Fsp3) is 0.750. The average Bonchev–Trinajstić information content (AvgIpc) is 2.62. The van der Waals surface area contributed by atoms with Gasteiger partial charge in [0.25, 0.3) is 0 Å². The number of aryl methyl sites for hydroxylation is 1. The molecule has 0 saturated carbocycles. The van der Waals surface area contributed by atoms with Gasteiger partial charge in [-0.25, -0.2) is 13.1 Å². The molecule has 1 unspecified atom stereocenters. The van der Waals surface area contributed by atoms with Gasteiger partial charge in [-0.2, -0.15) is 4.98 Å². The van der Waals surface area contributed by atoms with Gasteiger partial charge in [0.05, 0.1) is 11.8 Å². The maximum absolute atomic E-state index is 11.7. The first-order valence-electron chi connectivity index (χ1n) is 4.88. The first-order valence-corrected chi connectivity index (χ1v) is 6.42. The maximum Gasteiger partial charge on any atom is 0.223 e. The summed E-state index contributed by atoms with van der Waals surface area (Å²) in [5.41, 5.74) is 0. The van der Waals surface area contributed by atoms with Crippen LogP contribution in [-0.2, 0) is 16.6 Å². The second kappa shape index (κ2) is 5.37. The van der Waals surface area contributed by atoms with E-state index in [9.17, 15) is 8.42 Å². The van der Waals surface area contributed by atoms with Crippen LogP contribution in [0.25, 0.3) is 0 Å². The molecule has 0 amide bonds. The number of rotatable bonds is 6. The minimum atomic E-state index is -3.35. The fourth-order valence-corrected chi connectivity index (χ4v) is 2.12. The van der Waals surface area contributed by atoms with Crippen molar-refractivity contribution in [2.75, 3.05) is 13.6 Å². The quantitative estimate of drug-likeness (QED) is 0.698. The molecule has 0 aliphatic carbocycles. The summed E-state index contributed by atoms with van der Waals surface area (Å²) in [4.78, 5) is 3.90. The zero-order valence-electron chi connectivity index (χ0n) is 9.52. The molecule has 1 rings (SSSR count). The third kappa shape index (κ3) is 3.54. The van der Waals surface area contributed by atoms with Gasteiger partial charge >= 0.3 is 0 Å². The number of nitrogens with zero attached hydrogens (tertiary/aromatic N) is 2. The Labute approximate surface area is 94.7 Å². The summed E-state index contributed by atoms with van der Waals surface area (Å²) < 4.78 is 30.5. The Hall–Kier alpha value is -0.990. The van der Waals surface area contributed by atoms with E-state index in [1.807, 2.05) is 0 Å². The zero-order valence-corrected chi connectivity index (χ0v) is 10.3. The Morgan fingerprint density at radius 2 is 2.19 bits per heavy atom. The minimum absolute atomic E-state index is 0.0493. The molecule has 0 aliphatic heterocycles. The lowest BCUT2D eigenvalue weighted by Gasteiger charge is -2.11. The van der Waals surface area contributed by atoms with E-state index < -0.39 is 15.3 Å². The van der Waals surface area contributed by atoms with Crippen LogP contribution in [0.2, 0.25) is 0 Å². The summed E-state index contributed by atoms with van der Waals surface area (Å²) in [6.45, 7) is 3.71. The van der Waals surface area contributed by atoms with Gasteiger partial charge in [-0.3, -0.25) is 0 Å². The van der Waals surface area contributed by atoms with Crippen molar-refractivity contribution in [2.24, 2.45) is 0 Å². The number of aromatic nitrogens is 2. The largest absolute Gasteiger partial charge is 0.340 e. The molecule has 1 aromatic heterocycles. The van der Waals surface area contributed by atoms with Crippen LogP contribution >= 0.6 is 0 Å². The Morgan fingerprint density at radius 1 is 1.50 bits per heavy atom. The van der Waals surface area contributed by atoms with Crippen LogP contribution in [-0.4, -0.2) is 37.4 Å². The molecular formula is C8H16N4O3S. The Morgan fingerprint density at radius 3 is 2.69 bits per heavy atom. The molecule has 2 N–H and O–H groups in total. The molecule has 0 radical (unpaired) electrons. The molecule has 16 heavy (non-hydrogen) atoms. The molecule has 1 atom stereocenters. The molecule has 0 aromatic carbocycles. The highest BCUT2D eigenvalue weighted by atomic mass is 32.2. The molecular weight excluding hydrogens is 232 g/mol. The number of sulfonamides is 1. The normalized spacial score (nSPS) is 13.9. The molecule has 7 nitrogen and oxygen atoms in total. The third-order valence-electron chi connectivity index (χ3n) is 2.02. The molecule has 0 spiro atoms. The molecule has 0 bridgehead atoms. The van der Waals surface area contributed by atoms with E-state index in [1.165, 1.54) is 0 Å². The molecule has 0 aliphatic rings. The van der Waals surface area contributed by atoms with Crippen LogP contribution in [0.3, 0.4) is 0 Å². The highest BCUT2D eigenvalue weighted by Gasteiger charge is 2.20. The Balaban J connectivity index is 2.54. The van der Waals surface area contributed by atoms with Crippen LogP contribution in [0.5, 0.6) is 0 Å². The first-order chi connectivity index (χ1) is 7.45. The summed E-state index contributed by atoms with van der Waals surface area (Å²) in [7, 11) is -1.64. The smallest absolute Gasteiger partial charge is 0.223 e. The molecule has 0 fully saturated rings. The number of hydrogen-bond donors (Lipinski definition) is 2. The van der Waals surface area contributed by atoms with Gasteiger partial charge < -0.3 is 9.84 Å². The predicted octanol–water partition coefficient (Wildman–Crippen LogP) is -0.595. The number of hydrogen-bond acceptors (Lipinski definition) is 6. The van der Waals surface area contributed by atoms with Crippen LogP contribution < -0.4 is 10.0 Å². The van der Waals surface area contributed by atoms with Crippen LogP contribution in [0.4, 0.5) is 0 Å². The first kappa shape index (κ1) is 13.1. The highest BCUT2D eigenvalue weighted by molar-refractivity contribution is 7.90. The number of nitrogens with one attached hydrogen (secondary N) is 2. The summed E-state index contributed by atoms with van der Waals surface area (Å²) in [5, 5.41) is 5.89. The van der Waals surface area contributed by atoms with Gasteiger partial charge in [-0.05, 0) is 14.0 Å². The lowest BCUT2D eigenvalue weighted by atomic mass is 10.5. The van der Waals surface area contributed by atoms with Crippen molar-refractivity contribution in [3.63, 3.8) is 0 Å². The Kier molecular flexibility index (Phi) is 4.39. The molecule has 1 aromatic rings. The van der Waals surface area contributed by atoms with Crippen molar-refractivity contribution in [3.8, 4) is 0 Å². The van der Waals surface area contributed by atoms with Crippen molar-refractivity contribution >= 4 is 10.0 Å². The van der Waals surface area contributed by atoms with E-state index in [0.717, 1.165) is 0 Å². The van der Waals surface area contributed by atoms with Crippen molar-refractivity contribution < 1.29 is 12.9 Å². The van der Waals surface area contributed by atoms with Crippen molar-refractivity contribution in [2.45, 2.75) is 25.6 Å². The van der Waals surface area contributed by atoms with Crippen molar-refractivity contribution in [1.82, 2.24) is 20.2 Å².